The minimum absolute atomic E-state index is 0.0590. The molecule has 1 fully saturated rings. The molecule has 4 rings (SSSR count). The number of ether oxygens (including phenoxy) is 1. The van der Waals surface area contributed by atoms with Crippen LogP contribution in [0.15, 0.2) is 41.6 Å². The number of fused-ring (bicyclic) bond motifs is 1. The Hall–Kier alpha value is -2.09. The van der Waals surface area contributed by atoms with Gasteiger partial charge in [0.05, 0.1) is 22.5 Å². The average molecular weight is 391 g/mol. The Bertz CT molecular complexity index is 967. The molecule has 0 radical (unpaired) electrons. The van der Waals surface area contributed by atoms with E-state index >= 15 is 0 Å². The molecule has 0 bridgehead atoms. The number of hydrogen-bond donors (Lipinski definition) is 2. The number of thioether (sulfide) groups is 1. The van der Waals surface area contributed by atoms with Crippen molar-refractivity contribution in [2.45, 2.75) is 10.1 Å². The molecule has 0 atom stereocenters. The van der Waals surface area contributed by atoms with Crippen molar-refractivity contribution in [2.75, 3.05) is 25.5 Å². The lowest BCUT2D eigenvalue weighted by Gasteiger charge is -2.27. The van der Waals surface area contributed by atoms with E-state index in [2.05, 4.69) is 20.6 Å². The van der Waals surface area contributed by atoms with Crippen molar-refractivity contribution in [1.29, 1.82) is 0 Å². The number of hydrogen-bond acceptors (Lipinski definition) is 6. The van der Waals surface area contributed by atoms with Gasteiger partial charge in [0.1, 0.15) is 23.7 Å². The smallest absolute Gasteiger partial charge is 0.141 e. The Kier molecular flexibility index (Phi) is 4.84. The van der Waals surface area contributed by atoms with Gasteiger partial charge in [0.15, 0.2) is 0 Å². The maximum atomic E-state index is 13.4. The minimum atomic E-state index is -0.456. The van der Waals surface area contributed by atoms with Crippen molar-refractivity contribution in [3.63, 3.8) is 0 Å². The molecule has 1 aliphatic rings. The number of anilines is 2. The largest absolute Gasteiger partial charge is 0.496 e. The summed E-state index contributed by atoms with van der Waals surface area (Å²) in [6, 6.07) is 8.42. The summed E-state index contributed by atoms with van der Waals surface area (Å²) < 4.78 is 18.9. The summed E-state index contributed by atoms with van der Waals surface area (Å²) in [5.41, 5.74) is 1.42. The van der Waals surface area contributed by atoms with Crippen LogP contribution in [-0.4, -0.2) is 35.4 Å². The van der Waals surface area contributed by atoms with Crippen LogP contribution in [0.1, 0.15) is 0 Å². The Morgan fingerprint density at radius 3 is 2.81 bits per heavy atom. The van der Waals surface area contributed by atoms with Crippen molar-refractivity contribution >= 4 is 45.8 Å². The van der Waals surface area contributed by atoms with Crippen LogP contribution in [0, 0.1) is 5.82 Å². The maximum absolute atomic E-state index is 13.4. The van der Waals surface area contributed by atoms with Gasteiger partial charge in [0, 0.05) is 35.5 Å². The van der Waals surface area contributed by atoms with Gasteiger partial charge in [-0.1, -0.05) is 11.6 Å². The van der Waals surface area contributed by atoms with E-state index in [0.29, 0.717) is 16.8 Å². The third-order valence-electron chi connectivity index (χ3n) is 4.14. The molecule has 0 saturated carbocycles. The lowest BCUT2D eigenvalue weighted by atomic mass is 10.2. The molecule has 2 N–H and O–H groups in total. The van der Waals surface area contributed by atoms with Crippen LogP contribution in [0.4, 0.5) is 15.9 Å². The molecule has 0 aliphatic carbocycles. The number of halogens is 2. The molecular weight excluding hydrogens is 375 g/mol. The molecule has 0 amide bonds. The summed E-state index contributed by atoms with van der Waals surface area (Å²) in [5, 5.41) is 7.91. The first-order valence-electron chi connectivity index (χ1n) is 8.06. The highest BCUT2D eigenvalue weighted by atomic mass is 35.5. The minimum Gasteiger partial charge on any atom is -0.496 e. The number of nitrogens with zero attached hydrogens (tertiary/aromatic N) is 2. The molecule has 1 saturated heterocycles. The van der Waals surface area contributed by atoms with Crippen LogP contribution in [0.3, 0.4) is 0 Å². The summed E-state index contributed by atoms with van der Waals surface area (Å²) in [4.78, 5) is 9.73. The summed E-state index contributed by atoms with van der Waals surface area (Å²) in [7, 11) is 1.66. The fraction of sp³-hybridized carbons (Fsp3) is 0.222. The first-order valence-corrected chi connectivity index (χ1v) is 9.32. The Labute approximate surface area is 159 Å². The molecule has 2 heterocycles. The quantitative estimate of drug-likeness (QED) is 0.679. The molecule has 2 aromatic carbocycles. The second kappa shape index (κ2) is 7.26. The van der Waals surface area contributed by atoms with Gasteiger partial charge in [-0.05, 0) is 24.3 Å². The third kappa shape index (κ3) is 3.42. The predicted molar refractivity (Wildman–Crippen MR) is 103 cm³/mol. The van der Waals surface area contributed by atoms with Gasteiger partial charge in [-0.2, -0.15) is 0 Å². The number of benzene rings is 2. The van der Waals surface area contributed by atoms with Gasteiger partial charge in [-0.25, -0.2) is 14.4 Å². The zero-order chi connectivity index (χ0) is 18.1. The average Bonchev–Trinajstić information content (AvgIpc) is 2.61. The van der Waals surface area contributed by atoms with Crippen molar-refractivity contribution in [2.24, 2.45) is 0 Å². The van der Waals surface area contributed by atoms with E-state index in [-0.39, 0.29) is 5.02 Å². The fourth-order valence-corrected chi connectivity index (χ4v) is 4.04. The molecule has 5 nitrogen and oxygen atoms in total. The van der Waals surface area contributed by atoms with E-state index in [1.54, 1.807) is 24.9 Å². The molecule has 1 aliphatic heterocycles. The highest BCUT2D eigenvalue weighted by Crippen LogP contribution is 2.38. The van der Waals surface area contributed by atoms with E-state index in [9.17, 15) is 4.39 Å². The topological polar surface area (TPSA) is 59.1 Å². The summed E-state index contributed by atoms with van der Waals surface area (Å²) in [5.74, 6) is 0.972. The highest BCUT2D eigenvalue weighted by Gasteiger charge is 2.21. The van der Waals surface area contributed by atoms with Crippen molar-refractivity contribution in [3.8, 4) is 5.75 Å². The van der Waals surface area contributed by atoms with Crippen molar-refractivity contribution < 1.29 is 9.13 Å². The monoisotopic (exact) mass is 390 g/mol. The molecule has 134 valence electrons. The molecule has 26 heavy (non-hydrogen) atoms. The van der Waals surface area contributed by atoms with Crippen LogP contribution < -0.4 is 15.4 Å². The van der Waals surface area contributed by atoms with Gasteiger partial charge < -0.3 is 15.4 Å². The van der Waals surface area contributed by atoms with Gasteiger partial charge in [0.25, 0.3) is 0 Å². The third-order valence-corrected chi connectivity index (χ3v) is 5.67. The van der Waals surface area contributed by atoms with E-state index in [0.717, 1.165) is 34.6 Å². The van der Waals surface area contributed by atoms with Crippen LogP contribution in [0.5, 0.6) is 5.75 Å². The molecule has 0 unspecified atom stereocenters. The summed E-state index contributed by atoms with van der Waals surface area (Å²) in [6.45, 7) is 1.96. The molecular formula is C18H16ClFN4OS. The Morgan fingerprint density at radius 2 is 2.12 bits per heavy atom. The van der Waals surface area contributed by atoms with Crippen molar-refractivity contribution in [1.82, 2.24) is 15.3 Å². The van der Waals surface area contributed by atoms with E-state index in [1.807, 2.05) is 12.1 Å². The number of methoxy groups -OCH3 is 1. The fourth-order valence-electron chi connectivity index (χ4n) is 2.65. The Balaban J connectivity index is 1.73. The van der Waals surface area contributed by atoms with Gasteiger partial charge in [0.2, 0.25) is 0 Å². The number of nitrogens with one attached hydrogen (secondary N) is 2. The standard InChI is InChI=1S/C18H16ClFN4OS/c1-25-16-6-15-12(5-17(16)26-11-7-21-8-11)18(23-9-22-15)24-10-2-3-14(20)13(19)4-10/h2-6,9,11,21H,7-8H2,1H3,(H,22,23,24). The lowest BCUT2D eigenvalue weighted by molar-refractivity contribution is 0.405. The highest BCUT2D eigenvalue weighted by molar-refractivity contribution is 8.00. The molecule has 8 heteroatoms. The van der Waals surface area contributed by atoms with Crippen LogP contribution in [-0.2, 0) is 0 Å². The predicted octanol–water partition coefficient (Wildman–Crippen LogP) is 4.24. The van der Waals surface area contributed by atoms with Gasteiger partial charge in [-0.3, -0.25) is 0 Å². The molecule has 1 aromatic heterocycles. The first kappa shape index (κ1) is 17.3. The van der Waals surface area contributed by atoms with Crippen molar-refractivity contribution in [3.05, 3.63) is 47.5 Å². The van der Waals surface area contributed by atoms with E-state index in [1.165, 1.54) is 18.5 Å². The Morgan fingerprint density at radius 1 is 1.27 bits per heavy atom. The number of rotatable bonds is 5. The van der Waals surface area contributed by atoms with Crippen LogP contribution in [0.2, 0.25) is 5.02 Å². The second-order valence-electron chi connectivity index (χ2n) is 5.89. The number of aromatic nitrogens is 2. The molecule has 3 aromatic rings. The van der Waals surface area contributed by atoms with Crippen LogP contribution in [0.25, 0.3) is 10.9 Å². The normalized spacial score (nSPS) is 14.3. The SMILES string of the molecule is COc1cc2ncnc(Nc3ccc(F)c(Cl)c3)c2cc1SC1CNC1. The molecule has 0 spiro atoms. The van der Waals surface area contributed by atoms with Crippen LogP contribution >= 0.6 is 23.4 Å². The van der Waals surface area contributed by atoms with E-state index < -0.39 is 5.82 Å². The summed E-state index contributed by atoms with van der Waals surface area (Å²) >= 11 is 7.64. The van der Waals surface area contributed by atoms with Gasteiger partial charge >= 0.3 is 0 Å². The second-order valence-corrected chi connectivity index (χ2v) is 7.64. The van der Waals surface area contributed by atoms with Gasteiger partial charge in [-0.15, -0.1) is 11.8 Å². The maximum Gasteiger partial charge on any atom is 0.141 e. The van der Waals surface area contributed by atoms with E-state index in [4.69, 9.17) is 16.3 Å². The first-order chi connectivity index (χ1) is 12.6. The zero-order valence-electron chi connectivity index (χ0n) is 13.9. The summed E-state index contributed by atoms with van der Waals surface area (Å²) in [6.07, 6.45) is 1.48. The zero-order valence-corrected chi connectivity index (χ0v) is 15.5. The lowest BCUT2D eigenvalue weighted by Crippen LogP contribution is -2.44.